The van der Waals surface area contributed by atoms with Gasteiger partial charge < -0.3 is 14.6 Å². The van der Waals surface area contributed by atoms with Crippen LogP contribution in [0.15, 0.2) is 59.5 Å². The molecule has 0 amide bonds. The lowest BCUT2D eigenvalue weighted by molar-refractivity contribution is 0.208. The van der Waals surface area contributed by atoms with Crippen molar-refractivity contribution in [2.24, 2.45) is 0 Å². The normalized spacial score (nSPS) is 14.6. The Labute approximate surface area is 175 Å². The maximum Gasteiger partial charge on any atom is 0.255 e. The van der Waals surface area contributed by atoms with Crippen molar-refractivity contribution in [3.05, 3.63) is 70.7 Å². The van der Waals surface area contributed by atoms with Gasteiger partial charge in [0, 0.05) is 37.4 Å². The highest BCUT2D eigenvalue weighted by Gasteiger charge is 2.14. The molecule has 1 aromatic carbocycles. The van der Waals surface area contributed by atoms with E-state index in [2.05, 4.69) is 17.0 Å². The van der Waals surface area contributed by atoms with Crippen LogP contribution in [0.2, 0.25) is 0 Å². The monoisotopic (exact) mass is 406 g/mol. The molecular formula is C24H26N2O4. The number of β-amino-alcohol motifs (C(OH)–C–C–N with tert-alkyl or cyclic N) is 1. The van der Waals surface area contributed by atoms with Crippen molar-refractivity contribution < 1.29 is 14.6 Å². The van der Waals surface area contributed by atoms with Crippen LogP contribution in [-0.2, 0) is 0 Å². The van der Waals surface area contributed by atoms with Crippen LogP contribution in [0.4, 0.5) is 0 Å². The number of aliphatic hydroxyl groups excluding tert-OH is 1. The summed E-state index contributed by atoms with van der Waals surface area (Å²) in [6, 6.07) is 13.4. The average Bonchev–Trinajstić information content (AvgIpc) is 2.79. The molecule has 156 valence electrons. The van der Waals surface area contributed by atoms with Crippen LogP contribution in [0.5, 0.6) is 11.5 Å². The summed E-state index contributed by atoms with van der Waals surface area (Å²) in [5.41, 5.74) is 4.81. The first kappa shape index (κ1) is 20.2. The van der Waals surface area contributed by atoms with Crippen molar-refractivity contribution in [1.29, 1.82) is 0 Å². The van der Waals surface area contributed by atoms with Gasteiger partial charge in [0.25, 0.3) is 5.56 Å². The summed E-state index contributed by atoms with van der Waals surface area (Å²) in [6.45, 7) is 2.61. The number of hydrogen-bond acceptors (Lipinski definition) is 5. The SMILES string of the molecule is COc1ccc(-c2cc(=O)n3cc(C4=CCN(CCO)CC4)ccc3c2)cc1OC. The number of fused-ring (bicyclic) bond motifs is 1. The third kappa shape index (κ3) is 3.97. The lowest BCUT2D eigenvalue weighted by Crippen LogP contribution is -2.31. The molecule has 1 N–H and O–H groups in total. The number of benzene rings is 1. The minimum atomic E-state index is -0.0718. The molecule has 6 heteroatoms. The van der Waals surface area contributed by atoms with Gasteiger partial charge in [0.15, 0.2) is 11.5 Å². The number of methoxy groups -OCH3 is 2. The molecule has 6 nitrogen and oxygen atoms in total. The van der Waals surface area contributed by atoms with Crippen molar-refractivity contribution >= 4 is 11.1 Å². The van der Waals surface area contributed by atoms with Crippen LogP contribution in [-0.4, -0.2) is 54.9 Å². The van der Waals surface area contributed by atoms with E-state index in [-0.39, 0.29) is 12.2 Å². The second kappa shape index (κ2) is 8.73. The van der Waals surface area contributed by atoms with E-state index in [1.165, 1.54) is 5.57 Å². The fourth-order valence-corrected chi connectivity index (χ4v) is 3.91. The van der Waals surface area contributed by atoms with Crippen molar-refractivity contribution in [3.63, 3.8) is 0 Å². The van der Waals surface area contributed by atoms with Gasteiger partial charge in [-0.25, -0.2) is 0 Å². The quantitative estimate of drug-likeness (QED) is 0.682. The van der Waals surface area contributed by atoms with E-state index in [1.807, 2.05) is 36.5 Å². The van der Waals surface area contributed by atoms with Crippen LogP contribution in [0.1, 0.15) is 12.0 Å². The van der Waals surface area contributed by atoms with E-state index in [0.717, 1.165) is 41.7 Å². The number of aliphatic hydroxyl groups is 1. The van der Waals surface area contributed by atoms with E-state index in [0.29, 0.717) is 18.0 Å². The van der Waals surface area contributed by atoms with Crippen LogP contribution in [0.3, 0.4) is 0 Å². The molecule has 0 fully saturated rings. The standard InChI is InChI=1S/C24H26N2O4/c1-29-22-6-4-18(14-23(22)30-2)20-13-21-5-3-19(16-26(21)24(28)15-20)17-7-9-25(10-8-17)11-12-27/h3-7,13-16,27H,8-12H2,1-2H3. The van der Waals surface area contributed by atoms with Crippen LogP contribution in [0, 0.1) is 0 Å². The van der Waals surface area contributed by atoms with E-state index in [9.17, 15) is 4.79 Å². The first-order chi connectivity index (χ1) is 14.6. The van der Waals surface area contributed by atoms with Gasteiger partial charge in [-0.1, -0.05) is 18.2 Å². The van der Waals surface area contributed by atoms with Crippen molar-refractivity contribution in [3.8, 4) is 22.6 Å². The number of nitrogens with zero attached hydrogens (tertiary/aromatic N) is 2. The minimum Gasteiger partial charge on any atom is -0.493 e. The molecule has 1 aliphatic heterocycles. The fraction of sp³-hybridized carbons (Fsp3) is 0.292. The molecule has 1 aliphatic rings. The Kier molecular flexibility index (Phi) is 5.88. The summed E-state index contributed by atoms with van der Waals surface area (Å²) in [6.07, 6.45) is 5.01. The second-order valence-electron chi connectivity index (χ2n) is 7.37. The lowest BCUT2D eigenvalue weighted by atomic mass is 10.00. The maximum atomic E-state index is 12.9. The van der Waals surface area contributed by atoms with Gasteiger partial charge in [-0.15, -0.1) is 0 Å². The average molecular weight is 406 g/mol. The third-order valence-electron chi connectivity index (χ3n) is 5.60. The van der Waals surface area contributed by atoms with Gasteiger partial charge in [-0.05, 0) is 52.9 Å². The van der Waals surface area contributed by atoms with Crippen molar-refractivity contribution in [2.45, 2.75) is 6.42 Å². The lowest BCUT2D eigenvalue weighted by Gasteiger charge is -2.25. The Morgan fingerprint density at radius 3 is 2.47 bits per heavy atom. The summed E-state index contributed by atoms with van der Waals surface area (Å²) >= 11 is 0. The summed E-state index contributed by atoms with van der Waals surface area (Å²) in [4.78, 5) is 15.1. The number of pyridine rings is 2. The molecule has 3 heterocycles. The zero-order valence-electron chi connectivity index (χ0n) is 17.3. The molecule has 2 aromatic heterocycles. The van der Waals surface area contributed by atoms with E-state index < -0.39 is 0 Å². The first-order valence-electron chi connectivity index (χ1n) is 10.0. The molecule has 0 unspecified atom stereocenters. The Morgan fingerprint density at radius 2 is 1.77 bits per heavy atom. The van der Waals surface area contributed by atoms with Crippen LogP contribution < -0.4 is 15.0 Å². The Bertz CT molecular complexity index is 1150. The number of ether oxygens (including phenoxy) is 2. The molecular weight excluding hydrogens is 380 g/mol. The van der Waals surface area contributed by atoms with Crippen LogP contribution >= 0.6 is 0 Å². The van der Waals surface area contributed by atoms with Crippen molar-refractivity contribution in [1.82, 2.24) is 9.30 Å². The molecule has 0 spiro atoms. The number of rotatable bonds is 6. The van der Waals surface area contributed by atoms with Gasteiger partial charge in [-0.2, -0.15) is 0 Å². The molecule has 0 atom stereocenters. The Hall–Kier alpha value is -3.09. The maximum absolute atomic E-state index is 12.9. The minimum absolute atomic E-state index is 0.0718. The zero-order chi connectivity index (χ0) is 21.1. The van der Waals surface area contributed by atoms with Crippen molar-refractivity contribution in [2.75, 3.05) is 40.5 Å². The molecule has 0 aliphatic carbocycles. The summed E-state index contributed by atoms with van der Waals surface area (Å²) in [5, 5.41) is 9.10. The highest BCUT2D eigenvalue weighted by Crippen LogP contribution is 2.32. The van der Waals surface area contributed by atoms with Gasteiger partial charge >= 0.3 is 0 Å². The number of aromatic nitrogens is 1. The largest absolute Gasteiger partial charge is 0.493 e. The zero-order valence-corrected chi connectivity index (χ0v) is 17.3. The summed E-state index contributed by atoms with van der Waals surface area (Å²) in [5.74, 6) is 1.28. The molecule has 0 saturated carbocycles. The first-order valence-corrected chi connectivity index (χ1v) is 10.0. The Morgan fingerprint density at radius 1 is 0.967 bits per heavy atom. The second-order valence-corrected chi connectivity index (χ2v) is 7.37. The van der Waals surface area contributed by atoms with Gasteiger partial charge in [0.1, 0.15) is 0 Å². The molecule has 0 radical (unpaired) electrons. The van der Waals surface area contributed by atoms with E-state index in [1.54, 1.807) is 24.7 Å². The third-order valence-corrected chi connectivity index (χ3v) is 5.60. The topological polar surface area (TPSA) is 63.4 Å². The number of hydrogen-bond donors (Lipinski definition) is 1. The highest BCUT2D eigenvalue weighted by atomic mass is 16.5. The molecule has 0 bridgehead atoms. The molecule has 4 rings (SSSR count). The van der Waals surface area contributed by atoms with Gasteiger partial charge in [0.2, 0.25) is 0 Å². The van der Waals surface area contributed by atoms with Gasteiger partial charge in [0.05, 0.1) is 20.8 Å². The predicted octanol–water partition coefficient (Wildman–Crippen LogP) is 3.07. The van der Waals surface area contributed by atoms with E-state index >= 15 is 0 Å². The molecule has 0 saturated heterocycles. The van der Waals surface area contributed by atoms with Gasteiger partial charge in [-0.3, -0.25) is 14.1 Å². The highest BCUT2D eigenvalue weighted by molar-refractivity contribution is 5.73. The van der Waals surface area contributed by atoms with E-state index in [4.69, 9.17) is 14.6 Å². The summed E-state index contributed by atoms with van der Waals surface area (Å²) < 4.78 is 12.4. The molecule has 30 heavy (non-hydrogen) atoms. The van der Waals surface area contributed by atoms with Crippen LogP contribution in [0.25, 0.3) is 22.2 Å². The Balaban J connectivity index is 1.68. The fourth-order valence-electron chi connectivity index (χ4n) is 3.91. The molecule has 3 aromatic rings. The predicted molar refractivity (Wildman–Crippen MR) is 118 cm³/mol. The summed E-state index contributed by atoms with van der Waals surface area (Å²) in [7, 11) is 3.20. The smallest absolute Gasteiger partial charge is 0.255 e.